The van der Waals surface area contributed by atoms with Crippen molar-refractivity contribution in [1.82, 2.24) is 9.44 Å². The topological polar surface area (TPSA) is 134 Å². The molecule has 0 aromatic rings. The fourth-order valence-electron chi connectivity index (χ4n) is 0.935. The van der Waals surface area contributed by atoms with Crippen LogP contribution in [0.1, 0.15) is 19.8 Å². The van der Waals surface area contributed by atoms with Gasteiger partial charge in [0.1, 0.15) is 5.84 Å². The first-order valence-electron chi connectivity index (χ1n) is 4.54. The van der Waals surface area contributed by atoms with Crippen LogP contribution in [0.15, 0.2) is 0 Å². The molecule has 0 radical (unpaired) electrons. The Morgan fingerprint density at radius 1 is 1.56 bits per heavy atom. The number of methoxy groups -OCH3 is 1. The van der Waals surface area contributed by atoms with Crippen LogP contribution in [0.3, 0.4) is 0 Å². The van der Waals surface area contributed by atoms with Crippen molar-refractivity contribution in [3.63, 3.8) is 0 Å². The van der Waals surface area contributed by atoms with Crippen LogP contribution in [0.25, 0.3) is 0 Å². The van der Waals surface area contributed by atoms with Crippen molar-refractivity contribution >= 4 is 22.1 Å². The summed E-state index contributed by atoms with van der Waals surface area (Å²) in [6.45, 7) is 1.82. The number of hydrogen-bond acceptors (Lipinski definition) is 5. The largest absolute Gasteiger partial charge is 0.452 e. The van der Waals surface area contributed by atoms with Crippen LogP contribution >= 0.6 is 0 Å². The molecule has 94 valence electrons. The van der Waals surface area contributed by atoms with Crippen molar-refractivity contribution < 1.29 is 17.9 Å². The molecule has 0 heterocycles. The summed E-state index contributed by atoms with van der Waals surface area (Å²) in [5.41, 5.74) is 5.21. The van der Waals surface area contributed by atoms with E-state index in [4.69, 9.17) is 11.1 Å². The van der Waals surface area contributed by atoms with Crippen molar-refractivity contribution in [2.75, 3.05) is 7.11 Å². The van der Waals surface area contributed by atoms with E-state index in [9.17, 15) is 13.2 Å². The quantitative estimate of drug-likeness (QED) is 0.365. The van der Waals surface area contributed by atoms with E-state index in [1.54, 1.807) is 4.72 Å². The van der Waals surface area contributed by atoms with E-state index in [2.05, 4.69) is 9.46 Å². The molecule has 8 nitrogen and oxygen atoms in total. The molecule has 16 heavy (non-hydrogen) atoms. The summed E-state index contributed by atoms with van der Waals surface area (Å²) in [5.74, 6) is -0.308. The predicted molar refractivity (Wildman–Crippen MR) is 58.2 cm³/mol. The minimum absolute atomic E-state index is 0.308. The molecule has 0 aliphatic carbocycles. The predicted octanol–water partition coefficient (Wildman–Crippen LogP) is -0.719. The average molecular weight is 252 g/mol. The zero-order chi connectivity index (χ0) is 12.8. The van der Waals surface area contributed by atoms with Crippen molar-refractivity contribution in [1.29, 1.82) is 5.41 Å². The smallest absolute Gasteiger partial charge is 0.421 e. The second-order valence-electron chi connectivity index (χ2n) is 3.01. The van der Waals surface area contributed by atoms with Crippen LogP contribution in [0, 0.1) is 5.41 Å². The zero-order valence-electron chi connectivity index (χ0n) is 9.11. The van der Waals surface area contributed by atoms with E-state index in [1.165, 1.54) is 0 Å². The number of rotatable bonds is 6. The minimum Gasteiger partial charge on any atom is -0.452 e. The fourth-order valence-corrected chi connectivity index (χ4v) is 1.92. The number of ether oxygens (including phenoxy) is 1. The molecule has 0 fully saturated rings. The standard InChI is InChI=1S/C7H16N4O4S/c1-3-4-5(6(8)9)10-16(13,14)11-7(12)15-2/h5,10H,3-4H2,1-2H3,(H3,8,9)(H,11,12). The zero-order valence-corrected chi connectivity index (χ0v) is 9.93. The Labute approximate surface area is 94.2 Å². The third kappa shape index (κ3) is 5.51. The molecule has 9 heteroatoms. The SMILES string of the molecule is CCCC(NS(=O)(=O)NC(=O)OC)C(=N)N. The number of amides is 1. The van der Waals surface area contributed by atoms with Gasteiger partial charge >= 0.3 is 16.3 Å². The number of nitrogens with two attached hydrogens (primary N) is 1. The lowest BCUT2D eigenvalue weighted by atomic mass is 10.2. The lowest BCUT2D eigenvalue weighted by Crippen LogP contribution is -2.49. The molecular weight excluding hydrogens is 236 g/mol. The van der Waals surface area contributed by atoms with E-state index >= 15 is 0 Å². The van der Waals surface area contributed by atoms with Gasteiger partial charge in [0, 0.05) is 0 Å². The maximum absolute atomic E-state index is 11.3. The summed E-state index contributed by atoms with van der Waals surface area (Å²) in [5, 5.41) is 7.17. The van der Waals surface area contributed by atoms with Crippen molar-refractivity contribution in [3.8, 4) is 0 Å². The van der Waals surface area contributed by atoms with Gasteiger partial charge in [0.2, 0.25) is 0 Å². The van der Waals surface area contributed by atoms with E-state index < -0.39 is 22.3 Å². The van der Waals surface area contributed by atoms with Crippen molar-refractivity contribution in [2.45, 2.75) is 25.8 Å². The summed E-state index contributed by atoms with van der Waals surface area (Å²) in [4.78, 5) is 10.7. The molecule has 0 saturated carbocycles. The van der Waals surface area contributed by atoms with Crippen LogP contribution in [0.4, 0.5) is 4.79 Å². The summed E-state index contributed by atoms with van der Waals surface area (Å²) >= 11 is 0. The second kappa shape index (κ2) is 6.28. The summed E-state index contributed by atoms with van der Waals surface area (Å²) in [7, 11) is -3.01. The Morgan fingerprint density at radius 2 is 2.12 bits per heavy atom. The van der Waals surface area contributed by atoms with E-state index in [0.717, 1.165) is 7.11 Å². The summed E-state index contributed by atoms with van der Waals surface area (Å²) < 4.78 is 30.4. The van der Waals surface area contributed by atoms with Crippen LogP contribution in [-0.4, -0.2) is 33.5 Å². The highest BCUT2D eigenvalue weighted by Crippen LogP contribution is 1.97. The monoisotopic (exact) mass is 252 g/mol. The van der Waals surface area contributed by atoms with Gasteiger partial charge < -0.3 is 10.5 Å². The Balaban J connectivity index is 4.54. The molecule has 0 aromatic heterocycles. The number of hydrogen-bond donors (Lipinski definition) is 4. The van der Waals surface area contributed by atoms with Crippen LogP contribution in [-0.2, 0) is 14.9 Å². The van der Waals surface area contributed by atoms with Gasteiger partial charge in [-0.3, -0.25) is 5.41 Å². The molecule has 1 atom stereocenters. The van der Waals surface area contributed by atoms with E-state index in [1.807, 2.05) is 6.92 Å². The number of carbonyl (C=O) groups is 1. The first kappa shape index (κ1) is 14.6. The highest BCUT2D eigenvalue weighted by Gasteiger charge is 2.21. The second-order valence-corrected chi connectivity index (χ2v) is 4.46. The Morgan fingerprint density at radius 3 is 2.50 bits per heavy atom. The Kier molecular flexibility index (Phi) is 5.75. The molecule has 0 saturated heterocycles. The van der Waals surface area contributed by atoms with Gasteiger partial charge in [0.15, 0.2) is 0 Å². The highest BCUT2D eigenvalue weighted by atomic mass is 32.2. The number of nitrogens with one attached hydrogen (secondary N) is 3. The molecule has 0 aliphatic heterocycles. The molecule has 0 spiro atoms. The lowest BCUT2D eigenvalue weighted by molar-refractivity contribution is 0.177. The van der Waals surface area contributed by atoms with Gasteiger partial charge in [-0.15, -0.1) is 0 Å². The van der Waals surface area contributed by atoms with Crippen LogP contribution < -0.4 is 15.2 Å². The van der Waals surface area contributed by atoms with Gasteiger partial charge in [0.05, 0.1) is 13.2 Å². The summed E-state index contributed by atoms with van der Waals surface area (Å²) in [6, 6.07) is -0.827. The first-order chi connectivity index (χ1) is 7.32. The fraction of sp³-hybridized carbons (Fsp3) is 0.714. The van der Waals surface area contributed by atoms with Gasteiger partial charge in [-0.1, -0.05) is 13.3 Å². The summed E-state index contributed by atoms with van der Waals surface area (Å²) in [6.07, 6.45) is -0.0890. The van der Waals surface area contributed by atoms with Gasteiger partial charge in [-0.25, -0.2) is 9.52 Å². The van der Waals surface area contributed by atoms with E-state index in [0.29, 0.717) is 12.8 Å². The molecule has 0 aliphatic rings. The number of amidine groups is 1. The number of carbonyl (C=O) groups excluding carboxylic acids is 1. The maximum Gasteiger partial charge on any atom is 0.421 e. The molecular formula is C7H16N4O4S. The van der Waals surface area contributed by atoms with Gasteiger partial charge in [-0.05, 0) is 6.42 Å². The Hall–Kier alpha value is -1.35. The molecule has 0 bridgehead atoms. The van der Waals surface area contributed by atoms with E-state index in [-0.39, 0.29) is 5.84 Å². The average Bonchev–Trinajstić information content (AvgIpc) is 2.15. The van der Waals surface area contributed by atoms with Crippen LogP contribution in [0.2, 0.25) is 0 Å². The molecule has 0 aromatic carbocycles. The molecule has 5 N–H and O–H groups in total. The highest BCUT2D eigenvalue weighted by molar-refractivity contribution is 7.88. The van der Waals surface area contributed by atoms with Crippen molar-refractivity contribution in [3.05, 3.63) is 0 Å². The lowest BCUT2D eigenvalue weighted by Gasteiger charge is -2.16. The van der Waals surface area contributed by atoms with Crippen LogP contribution in [0.5, 0.6) is 0 Å². The Bertz CT molecular complexity index is 353. The third-order valence-corrected chi connectivity index (χ3v) is 2.68. The van der Waals surface area contributed by atoms with Gasteiger partial charge in [-0.2, -0.15) is 13.1 Å². The normalized spacial score (nSPS) is 12.9. The third-order valence-electron chi connectivity index (χ3n) is 1.65. The molecule has 1 unspecified atom stereocenters. The molecule has 0 rings (SSSR count). The van der Waals surface area contributed by atoms with Gasteiger partial charge in [0.25, 0.3) is 0 Å². The minimum atomic E-state index is -4.05. The molecule has 1 amide bonds. The van der Waals surface area contributed by atoms with Crippen molar-refractivity contribution in [2.24, 2.45) is 5.73 Å². The first-order valence-corrected chi connectivity index (χ1v) is 6.02. The maximum atomic E-state index is 11.3.